The first kappa shape index (κ1) is 25.8. The van der Waals surface area contributed by atoms with Crippen molar-refractivity contribution in [3.63, 3.8) is 0 Å². The molecular weight excluding hydrogens is 426 g/mol. The van der Waals surface area contributed by atoms with Gasteiger partial charge in [0.1, 0.15) is 18.4 Å². The van der Waals surface area contributed by atoms with Crippen LogP contribution in [0.25, 0.3) is 0 Å². The summed E-state index contributed by atoms with van der Waals surface area (Å²) in [6.45, 7) is 9.47. The molecule has 0 saturated carbocycles. The predicted molar refractivity (Wildman–Crippen MR) is 136 cm³/mol. The summed E-state index contributed by atoms with van der Waals surface area (Å²) in [4.78, 5) is 30.6. The van der Waals surface area contributed by atoms with Gasteiger partial charge in [-0.2, -0.15) is 0 Å². The second-order valence-corrected chi connectivity index (χ2v) is 8.96. The molecule has 34 heavy (non-hydrogen) atoms. The van der Waals surface area contributed by atoms with Crippen LogP contribution in [-0.2, 0) is 11.2 Å². The van der Waals surface area contributed by atoms with Crippen LogP contribution in [0.3, 0.4) is 0 Å². The van der Waals surface area contributed by atoms with Gasteiger partial charge in [-0.1, -0.05) is 44.2 Å². The second-order valence-electron chi connectivity index (χ2n) is 8.96. The van der Waals surface area contributed by atoms with Gasteiger partial charge in [0.15, 0.2) is 0 Å². The Hall–Kier alpha value is -2.86. The fraction of sp³-hybridized carbons (Fsp3) is 0.500. The van der Waals surface area contributed by atoms with Crippen LogP contribution >= 0.6 is 0 Å². The highest BCUT2D eigenvalue weighted by Crippen LogP contribution is 2.16. The fourth-order valence-electron chi connectivity index (χ4n) is 4.38. The molecule has 1 aliphatic heterocycles. The summed E-state index contributed by atoms with van der Waals surface area (Å²) in [5, 5.41) is 2.99. The van der Waals surface area contributed by atoms with Crippen LogP contribution in [0.5, 0.6) is 5.75 Å². The molecule has 2 aromatic carbocycles. The van der Waals surface area contributed by atoms with Gasteiger partial charge in [0, 0.05) is 31.6 Å². The van der Waals surface area contributed by atoms with Crippen molar-refractivity contribution in [3.05, 3.63) is 65.7 Å². The highest BCUT2D eigenvalue weighted by atomic mass is 16.5. The summed E-state index contributed by atoms with van der Waals surface area (Å²) >= 11 is 0. The van der Waals surface area contributed by atoms with Gasteiger partial charge in [0.25, 0.3) is 5.91 Å². The minimum Gasteiger partial charge on any atom is -0.492 e. The van der Waals surface area contributed by atoms with Crippen LogP contribution in [0.15, 0.2) is 54.6 Å². The normalized spacial score (nSPS) is 14.5. The zero-order chi connectivity index (χ0) is 24.2. The first-order chi connectivity index (χ1) is 16.6. The number of carbonyl (C=O) groups excluding carboxylic acids is 2. The number of likely N-dealkylation sites (tertiary alicyclic amines) is 1. The fourth-order valence-corrected chi connectivity index (χ4v) is 4.38. The van der Waals surface area contributed by atoms with Gasteiger partial charge in [-0.15, -0.1) is 0 Å². The number of benzene rings is 2. The molecule has 0 bridgehead atoms. The number of carbonyl (C=O) groups is 2. The molecule has 1 atom stereocenters. The molecule has 2 aromatic rings. The zero-order valence-corrected chi connectivity index (χ0v) is 20.7. The van der Waals surface area contributed by atoms with Crippen molar-refractivity contribution < 1.29 is 14.3 Å². The van der Waals surface area contributed by atoms with Crippen molar-refractivity contribution in [1.29, 1.82) is 0 Å². The number of nitrogens with zero attached hydrogens (tertiary/aromatic N) is 2. The Morgan fingerprint density at radius 2 is 1.62 bits per heavy atom. The van der Waals surface area contributed by atoms with E-state index in [1.807, 2.05) is 47.4 Å². The maximum Gasteiger partial charge on any atom is 0.251 e. The van der Waals surface area contributed by atoms with E-state index in [1.54, 1.807) is 12.1 Å². The highest BCUT2D eigenvalue weighted by Gasteiger charge is 2.26. The van der Waals surface area contributed by atoms with Gasteiger partial charge in [-0.05, 0) is 68.6 Å². The largest absolute Gasteiger partial charge is 0.492 e. The topological polar surface area (TPSA) is 61.9 Å². The van der Waals surface area contributed by atoms with Gasteiger partial charge >= 0.3 is 0 Å². The molecule has 184 valence electrons. The van der Waals surface area contributed by atoms with Gasteiger partial charge in [0.05, 0.1) is 0 Å². The molecule has 1 N–H and O–H groups in total. The van der Waals surface area contributed by atoms with Crippen molar-refractivity contribution in [2.24, 2.45) is 0 Å². The number of ether oxygens (including phenoxy) is 1. The zero-order valence-electron chi connectivity index (χ0n) is 20.7. The standard InChI is InChI=1S/C28H39N3O3/c1-3-16-31(17-4-2)28(33)26(29-27(32)24-10-6-5-7-11-24)22-23-12-14-25(15-13-23)34-21-20-30-18-8-9-19-30/h5-7,10-15,26H,3-4,8-9,16-22H2,1-2H3,(H,29,32). The monoisotopic (exact) mass is 465 g/mol. The summed E-state index contributed by atoms with van der Waals surface area (Å²) in [5.41, 5.74) is 1.55. The van der Waals surface area contributed by atoms with Crippen molar-refractivity contribution in [3.8, 4) is 5.75 Å². The third-order valence-corrected chi connectivity index (χ3v) is 6.18. The molecule has 0 spiro atoms. The number of amides is 2. The second kappa shape index (κ2) is 13.8. The van der Waals surface area contributed by atoms with Crippen molar-refractivity contribution in [1.82, 2.24) is 15.1 Å². The van der Waals surface area contributed by atoms with Gasteiger partial charge < -0.3 is 15.0 Å². The molecule has 3 rings (SSSR count). The average Bonchev–Trinajstić information content (AvgIpc) is 3.38. The van der Waals surface area contributed by atoms with E-state index in [2.05, 4.69) is 24.1 Å². The minimum atomic E-state index is -0.618. The summed E-state index contributed by atoms with van der Waals surface area (Å²) < 4.78 is 5.91. The SMILES string of the molecule is CCCN(CCC)C(=O)C(Cc1ccc(OCCN2CCCC2)cc1)NC(=O)c1ccccc1. The van der Waals surface area contributed by atoms with Gasteiger partial charge in [0.2, 0.25) is 5.91 Å². The summed E-state index contributed by atoms with van der Waals surface area (Å²) in [6, 6.07) is 16.3. The summed E-state index contributed by atoms with van der Waals surface area (Å²) in [5.74, 6) is 0.574. The van der Waals surface area contributed by atoms with Crippen LogP contribution in [0.4, 0.5) is 0 Å². The minimum absolute atomic E-state index is 0.0288. The van der Waals surface area contributed by atoms with E-state index in [4.69, 9.17) is 4.74 Å². The molecule has 6 nitrogen and oxygen atoms in total. The van der Waals surface area contributed by atoms with Crippen molar-refractivity contribution in [2.45, 2.75) is 52.0 Å². The van der Waals surface area contributed by atoms with E-state index in [0.29, 0.717) is 31.7 Å². The molecular formula is C28H39N3O3. The van der Waals surface area contributed by atoms with Crippen LogP contribution < -0.4 is 10.1 Å². The molecule has 1 heterocycles. The van der Waals surface area contributed by atoms with Crippen LogP contribution in [0, 0.1) is 0 Å². The lowest BCUT2D eigenvalue weighted by Crippen LogP contribution is -2.50. The lowest BCUT2D eigenvalue weighted by atomic mass is 10.0. The van der Waals surface area contributed by atoms with E-state index in [9.17, 15) is 9.59 Å². The third-order valence-electron chi connectivity index (χ3n) is 6.18. The Kier molecular flexibility index (Phi) is 10.4. The van der Waals surface area contributed by atoms with Crippen molar-refractivity contribution in [2.75, 3.05) is 39.3 Å². The number of nitrogens with one attached hydrogen (secondary N) is 1. The maximum atomic E-state index is 13.4. The average molecular weight is 466 g/mol. The van der Waals surface area contributed by atoms with Gasteiger partial charge in [-0.3, -0.25) is 14.5 Å². The predicted octanol–water partition coefficient (Wildman–Crippen LogP) is 4.15. The summed E-state index contributed by atoms with van der Waals surface area (Å²) in [6.07, 6.45) is 4.77. The van der Waals surface area contributed by atoms with Crippen LogP contribution in [0.1, 0.15) is 55.5 Å². The number of hydrogen-bond acceptors (Lipinski definition) is 4. The molecule has 0 radical (unpaired) electrons. The third kappa shape index (κ3) is 7.87. The Bertz CT molecular complexity index is 874. The lowest BCUT2D eigenvalue weighted by molar-refractivity contribution is -0.133. The Morgan fingerprint density at radius 3 is 2.24 bits per heavy atom. The molecule has 1 unspecified atom stereocenters. The first-order valence-corrected chi connectivity index (χ1v) is 12.7. The molecule has 2 amide bonds. The number of rotatable bonds is 13. The van der Waals surface area contributed by atoms with E-state index in [1.165, 1.54) is 25.9 Å². The van der Waals surface area contributed by atoms with E-state index in [0.717, 1.165) is 30.7 Å². The smallest absolute Gasteiger partial charge is 0.251 e. The Labute approximate surface area is 204 Å². The summed E-state index contributed by atoms with van der Waals surface area (Å²) in [7, 11) is 0. The van der Waals surface area contributed by atoms with E-state index >= 15 is 0 Å². The molecule has 0 aliphatic carbocycles. The molecule has 6 heteroatoms. The van der Waals surface area contributed by atoms with E-state index in [-0.39, 0.29) is 11.8 Å². The van der Waals surface area contributed by atoms with E-state index < -0.39 is 6.04 Å². The Balaban J connectivity index is 1.65. The molecule has 1 aliphatic rings. The number of hydrogen-bond donors (Lipinski definition) is 1. The molecule has 0 aromatic heterocycles. The highest BCUT2D eigenvalue weighted by molar-refractivity contribution is 5.97. The van der Waals surface area contributed by atoms with Crippen molar-refractivity contribution >= 4 is 11.8 Å². The quantitative estimate of drug-likeness (QED) is 0.483. The molecule has 1 saturated heterocycles. The maximum absolute atomic E-state index is 13.4. The lowest BCUT2D eigenvalue weighted by Gasteiger charge is -2.27. The van der Waals surface area contributed by atoms with Crippen LogP contribution in [-0.4, -0.2) is 67.0 Å². The Morgan fingerprint density at radius 1 is 0.971 bits per heavy atom. The molecule has 1 fully saturated rings. The first-order valence-electron chi connectivity index (χ1n) is 12.7. The van der Waals surface area contributed by atoms with Gasteiger partial charge in [-0.25, -0.2) is 0 Å². The van der Waals surface area contributed by atoms with Crippen LogP contribution in [0.2, 0.25) is 0 Å².